The molecule has 0 atom stereocenters. The summed E-state index contributed by atoms with van der Waals surface area (Å²) in [4.78, 5) is 12.0. The summed E-state index contributed by atoms with van der Waals surface area (Å²) in [7, 11) is -3.90. The number of aromatic amines is 1. The van der Waals surface area contributed by atoms with Crippen LogP contribution in [0.1, 0.15) is 5.56 Å². The van der Waals surface area contributed by atoms with Gasteiger partial charge in [-0.3, -0.25) is 4.68 Å². The Morgan fingerprint density at radius 2 is 1.76 bits per heavy atom. The van der Waals surface area contributed by atoms with Crippen molar-refractivity contribution < 1.29 is 8.42 Å². The van der Waals surface area contributed by atoms with Gasteiger partial charge in [0.2, 0.25) is 0 Å². The number of pyridine rings is 2. The monoisotopic (exact) mass is 469 g/mol. The second kappa shape index (κ2) is 7.92. The average molecular weight is 470 g/mol. The van der Waals surface area contributed by atoms with Gasteiger partial charge in [-0.1, -0.05) is 23.4 Å². The topological polar surface area (TPSA) is 111 Å². The number of nitrogens with zero attached hydrogens (tertiary/aromatic N) is 6. The maximum absolute atomic E-state index is 13.6. The first-order valence-corrected chi connectivity index (χ1v) is 12.1. The molecule has 0 spiro atoms. The van der Waals surface area contributed by atoms with Crippen LogP contribution in [0, 0.1) is 0 Å². The molecular weight excluding hydrogens is 450 g/mol. The third-order valence-corrected chi connectivity index (χ3v) is 7.47. The first-order valence-electron chi connectivity index (χ1n) is 10.7. The van der Waals surface area contributed by atoms with Crippen LogP contribution in [0.5, 0.6) is 0 Å². The molecule has 6 aromatic rings. The largest absolute Gasteiger partial charge is 0.346 e. The molecule has 0 aliphatic rings. The van der Waals surface area contributed by atoms with Gasteiger partial charge < -0.3 is 4.98 Å². The van der Waals surface area contributed by atoms with Gasteiger partial charge in [0.05, 0.1) is 16.8 Å². The summed E-state index contributed by atoms with van der Waals surface area (Å²) < 4.78 is 30.1. The van der Waals surface area contributed by atoms with E-state index in [1.807, 2.05) is 24.4 Å². The molecule has 168 valence electrons. The van der Waals surface area contributed by atoms with Gasteiger partial charge in [-0.25, -0.2) is 22.4 Å². The SMILES string of the molecule is O=S(=O)(c1ccccc1)n1c(-c2cn(CCc3c[nH]c4ncccc34)nn2)cc2cccnc21. The molecule has 10 heteroatoms. The highest BCUT2D eigenvalue weighted by Gasteiger charge is 2.25. The van der Waals surface area contributed by atoms with Gasteiger partial charge in [0.1, 0.15) is 11.3 Å². The molecule has 0 unspecified atom stereocenters. The van der Waals surface area contributed by atoms with Gasteiger partial charge in [0.15, 0.2) is 5.65 Å². The lowest BCUT2D eigenvalue weighted by Gasteiger charge is -2.10. The van der Waals surface area contributed by atoms with Crippen LogP contribution in [0.3, 0.4) is 0 Å². The van der Waals surface area contributed by atoms with Gasteiger partial charge in [0, 0.05) is 35.9 Å². The summed E-state index contributed by atoms with van der Waals surface area (Å²) in [6.07, 6.45) is 7.77. The summed E-state index contributed by atoms with van der Waals surface area (Å²) in [5.74, 6) is 0. The maximum atomic E-state index is 13.6. The second-order valence-corrected chi connectivity index (χ2v) is 9.65. The zero-order chi connectivity index (χ0) is 23.1. The van der Waals surface area contributed by atoms with Crippen molar-refractivity contribution in [2.45, 2.75) is 17.9 Å². The summed E-state index contributed by atoms with van der Waals surface area (Å²) in [6, 6.07) is 17.6. The predicted molar refractivity (Wildman–Crippen MR) is 128 cm³/mol. The highest BCUT2D eigenvalue weighted by atomic mass is 32.2. The van der Waals surface area contributed by atoms with Gasteiger partial charge in [-0.05, 0) is 54.4 Å². The molecule has 5 aromatic heterocycles. The lowest BCUT2D eigenvalue weighted by molar-refractivity contribution is 0.589. The Morgan fingerprint density at radius 1 is 0.941 bits per heavy atom. The van der Waals surface area contributed by atoms with Gasteiger partial charge in [0.25, 0.3) is 10.0 Å². The highest BCUT2D eigenvalue weighted by Crippen LogP contribution is 2.30. The molecule has 1 aromatic carbocycles. The summed E-state index contributed by atoms with van der Waals surface area (Å²) in [6.45, 7) is 0.582. The number of aromatic nitrogens is 7. The van der Waals surface area contributed by atoms with E-state index in [-0.39, 0.29) is 4.90 Å². The van der Waals surface area contributed by atoms with Crippen molar-refractivity contribution in [1.29, 1.82) is 0 Å². The number of nitrogens with one attached hydrogen (secondary N) is 1. The van der Waals surface area contributed by atoms with Gasteiger partial charge in [-0.2, -0.15) is 0 Å². The van der Waals surface area contributed by atoms with Crippen LogP contribution in [-0.2, 0) is 23.0 Å². The zero-order valence-electron chi connectivity index (χ0n) is 17.9. The molecule has 6 rings (SSSR count). The molecular formula is C24H19N7O2S. The van der Waals surface area contributed by atoms with E-state index >= 15 is 0 Å². The van der Waals surface area contributed by atoms with E-state index < -0.39 is 10.0 Å². The molecule has 0 radical (unpaired) electrons. The quantitative estimate of drug-likeness (QED) is 0.399. The fourth-order valence-electron chi connectivity index (χ4n) is 4.11. The van der Waals surface area contributed by atoms with Gasteiger partial charge in [-0.15, -0.1) is 5.10 Å². The molecule has 0 fully saturated rings. The van der Waals surface area contributed by atoms with E-state index in [2.05, 4.69) is 25.3 Å². The average Bonchev–Trinajstić information content (AvgIpc) is 3.60. The fourth-order valence-corrected chi connectivity index (χ4v) is 5.61. The molecule has 0 aliphatic carbocycles. The second-order valence-electron chi connectivity index (χ2n) is 7.86. The van der Waals surface area contributed by atoms with Crippen molar-refractivity contribution in [3.8, 4) is 11.4 Å². The third-order valence-electron chi connectivity index (χ3n) is 5.75. The van der Waals surface area contributed by atoms with E-state index in [0.29, 0.717) is 29.0 Å². The number of hydrogen-bond donors (Lipinski definition) is 1. The van der Waals surface area contributed by atoms with E-state index in [1.54, 1.807) is 65.7 Å². The Kier molecular flexibility index (Phi) is 4.73. The molecule has 34 heavy (non-hydrogen) atoms. The van der Waals surface area contributed by atoms with Crippen molar-refractivity contribution >= 4 is 32.1 Å². The van der Waals surface area contributed by atoms with Crippen LogP contribution in [-0.4, -0.2) is 42.3 Å². The Hall–Kier alpha value is -4.31. The highest BCUT2D eigenvalue weighted by molar-refractivity contribution is 7.90. The van der Waals surface area contributed by atoms with Crippen LogP contribution < -0.4 is 0 Å². The lowest BCUT2D eigenvalue weighted by atomic mass is 10.1. The Labute approximate surface area is 194 Å². The van der Waals surface area contributed by atoms with Crippen molar-refractivity contribution in [1.82, 2.24) is 33.9 Å². The van der Waals surface area contributed by atoms with Crippen molar-refractivity contribution in [3.63, 3.8) is 0 Å². The lowest BCUT2D eigenvalue weighted by Crippen LogP contribution is -2.14. The minimum atomic E-state index is -3.90. The third kappa shape index (κ3) is 3.35. The zero-order valence-corrected chi connectivity index (χ0v) is 18.7. The van der Waals surface area contributed by atoms with Crippen LogP contribution in [0.4, 0.5) is 0 Å². The fraction of sp³-hybridized carbons (Fsp3) is 0.0833. The van der Waals surface area contributed by atoms with E-state index in [9.17, 15) is 8.42 Å². The van der Waals surface area contributed by atoms with Crippen molar-refractivity contribution in [2.24, 2.45) is 0 Å². The van der Waals surface area contributed by atoms with Crippen LogP contribution in [0.2, 0.25) is 0 Å². The molecule has 9 nitrogen and oxygen atoms in total. The minimum Gasteiger partial charge on any atom is -0.346 e. The number of H-pyrrole nitrogens is 1. The number of aryl methyl sites for hydroxylation is 2. The molecule has 0 amide bonds. The molecule has 1 N–H and O–H groups in total. The number of fused-ring (bicyclic) bond motifs is 2. The van der Waals surface area contributed by atoms with Crippen molar-refractivity contribution in [3.05, 3.63) is 91.0 Å². The smallest absolute Gasteiger partial charge is 0.269 e. The summed E-state index contributed by atoms with van der Waals surface area (Å²) in [5.41, 5.74) is 3.20. The normalized spacial score (nSPS) is 12.0. The van der Waals surface area contributed by atoms with Crippen LogP contribution in [0.15, 0.2) is 90.3 Å². The summed E-state index contributed by atoms with van der Waals surface area (Å²) >= 11 is 0. The van der Waals surface area contributed by atoms with Crippen molar-refractivity contribution in [2.75, 3.05) is 0 Å². The summed E-state index contributed by atoms with van der Waals surface area (Å²) in [5, 5.41) is 10.3. The number of hydrogen-bond acceptors (Lipinski definition) is 6. The molecule has 0 saturated carbocycles. The molecule has 0 bridgehead atoms. The molecule has 0 aliphatic heterocycles. The van der Waals surface area contributed by atoms with Crippen LogP contribution >= 0.6 is 0 Å². The van der Waals surface area contributed by atoms with Gasteiger partial charge >= 0.3 is 0 Å². The van der Waals surface area contributed by atoms with Crippen LogP contribution in [0.25, 0.3) is 33.5 Å². The van der Waals surface area contributed by atoms with E-state index in [1.165, 1.54) is 3.97 Å². The Morgan fingerprint density at radius 3 is 2.65 bits per heavy atom. The van der Waals surface area contributed by atoms with E-state index in [4.69, 9.17) is 0 Å². The Bertz CT molecular complexity index is 1730. The number of rotatable bonds is 6. The molecule has 0 saturated heterocycles. The predicted octanol–water partition coefficient (Wildman–Crippen LogP) is 3.65. The number of benzene rings is 1. The Balaban J connectivity index is 1.38. The maximum Gasteiger partial charge on any atom is 0.269 e. The standard InChI is InChI=1S/C24H19N7O2S/c32-34(33,19-7-2-1-3-8-19)31-22(14-17-6-4-12-26-24(17)31)21-16-30(29-28-21)13-10-18-15-27-23-20(18)9-5-11-25-23/h1-9,11-12,14-16H,10,13H2,(H,25,27). The first-order chi connectivity index (χ1) is 16.6. The van der Waals surface area contributed by atoms with E-state index in [0.717, 1.165) is 23.0 Å². The first kappa shape index (κ1) is 20.3. The molecule has 5 heterocycles. The minimum absolute atomic E-state index is 0.180.